The average molecular weight is 192 g/mol. The van der Waals surface area contributed by atoms with Gasteiger partial charge in [0.25, 0.3) is 0 Å². The van der Waals surface area contributed by atoms with Crippen LogP contribution in [0, 0.1) is 4.78 Å². The molecule has 0 amide bonds. The normalized spacial score (nSPS) is 29.6. The van der Waals surface area contributed by atoms with Gasteiger partial charge in [0.2, 0.25) is 0 Å². The maximum Gasteiger partial charge on any atom is 0.105 e. The van der Waals surface area contributed by atoms with E-state index in [1.54, 1.807) is 4.31 Å². The fourth-order valence-corrected chi connectivity index (χ4v) is 2.25. The number of nitrogens with zero attached hydrogens (tertiary/aromatic N) is 1. The molecule has 0 radical (unpaired) electrons. The van der Waals surface area contributed by atoms with Crippen molar-refractivity contribution in [2.24, 2.45) is 0 Å². The van der Waals surface area contributed by atoms with Gasteiger partial charge in [0.05, 0.1) is 12.2 Å². The fourth-order valence-electron chi connectivity index (χ4n) is 1.27. The minimum Gasteiger partial charge on any atom is -0.373 e. The molecule has 1 N–H and O–H groups in total. The molecule has 0 aromatic heterocycles. The molecule has 0 spiro atoms. The quantitative estimate of drug-likeness (QED) is 0.664. The van der Waals surface area contributed by atoms with Gasteiger partial charge in [0.15, 0.2) is 0 Å². The van der Waals surface area contributed by atoms with Crippen LogP contribution in [0.3, 0.4) is 0 Å². The predicted octanol–water partition coefficient (Wildman–Crippen LogP) is 0.689. The second-order valence-corrected chi connectivity index (χ2v) is 5.90. The SMILES string of the molecule is CC1(C)CN(S(C)(=N)=O)CCO1. The Morgan fingerprint density at radius 3 is 2.50 bits per heavy atom. The molecule has 0 aromatic rings. The zero-order valence-electron chi connectivity index (χ0n) is 7.79. The minimum absolute atomic E-state index is 0.266. The molecule has 1 fully saturated rings. The van der Waals surface area contributed by atoms with Crippen LogP contribution in [-0.4, -0.2) is 40.1 Å². The van der Waals surface area contributed by atoms with Crippen molar-refractivity contribution >= 4 is 9.92 Å². The van der Waals surface area contributed by atoms with Gasteiger partial charge in [-0.2, -0.15) is 0 Å². The highest BCUT2D eigenvalue weighted by Gasteiger charge is 2.30. The van der Waals surface area contributed by atoms with E-state index in [-0.39, 0.29) is 5.60 Å². The van der Waals surface area contributed by atoms with Crippen molar-refractivity contribution in [1.29, 1.82) is 4.78 Å². The third-order valence-electron chi connectivity index (χ3n) is 1.88. The van der Waals surface area contributed by atoms with Gasteiger partial charge in [-0.25, -0.2) is 13.3 Å². The van der Waals surface area contributed by atoms with Gasteiger partial charge in [0, 0.05) is 19.3 Å². The molecule has 72 valence electrons. The third kappa shape index (κ3) is 2.43. The van der Waals surface area contributed by atoms with E-state index in [9.17, 15) is 4.21 Å². The van der Waals surface area contributed by atoms with Crippen molar-refractivity contribution in [2.45, 2.75) is 19.4 Å². The van der Waals surface area contributed by atoms with E-state index in [4.69, 9.17) is 9.52 Å². The van der Waals surface area contributed by atoms with Gasteiger partial charge >= 0.3 is 0 Å². The van der Waals surface area contributed by atoms with Crippen LogP contribution in [-0.2, 0) is 14.7 Å². The fraction of sp³-hybridized carbons (Fsp3) is 1.00. The minimum atomic E-state index is -2.54. The summed E-state index contributed by atoms with van der Waals surface area (Å²) >= 11 is 0. The highest BCUT2D eigenvalue weighted by atomic mass is 32.2. The van der Waals surface area contributed by atoms with E-state index in [1.165, 1.54) is 6.26 Å². The molecule has 0 aromatic carbocycles. The van der Waals surface area contributed by atoms with E-state index >= 15 is 0 Å². The van der Waals surface area contributed by atoms with E-state index < -0.39 is 9.92 Å². The smallest absolute Gasteiger partial charge is 0.105 e. The monoisotopic (exact) mass is 192 g/mol. The van der Waals surface area contributed by atoms with Crippen LogP contribution in [0.4, 0.5) is 0 Å². The Hall–Kier alpha value is -0.130. The highest BCUT2D eigenvalue weighted by molar-refractivity contribution is 7.89. The van der Waals surface area contributed by atoms with Crippen LogP contribution in [0.1, 0.15) is 13.8 Å². The summed E-state index contributed by atoms with van der Waals surface area (Å²) in [6, 6.07) is 0. The first kappa shape index (κ1) is 9.95. The maximum atomic E-state index is 11.4. The number of morpholine rings is 1. The predicted molar refractivity (Wildman–Crippen MR) is 48.4 cm³/mol. The van der Waals surface area contributed by atoms with Crippen molar-refractivity contribution in [1.82, 2.24) is 4.31 Å². The van der Waals surface area contributed by atoms with Crippen molar-refractivity contribution < 1.29 is 8.95 Å². The average Bonchev–Trinajstić information content (AvgIpc) is 1.83. The summed E-state index contributed by atoms with van der Waals surface area (Å²) in [6.07, 6.45) is 1.45. The van der Waals surface area contributed by atoms with Gasteiger partial charge < -0.3 is 4.74 Å². The van der Waals surface area contributed by atoms with Crippen molar-refractivity contribution in [3.8, 4) is 0 Å². The van der Waals surface area contributed by atoms with E-state index in [2.05, 4.69) is 0 Å². The topological polar surface area (TPSA) is 53.4 Å². The molecule has 1 aliphatic rings. The Bertz CT molecular complexity index is 259. The van der Waals surface area contributed by atoms with Crippen LogP contribution in [0.25, 0.3) is 0 Å². The summed E-state index contributed by atoms with van der Waals surface area (Å²) in [7, 11) is -2.54. The second-order valence-electron chi connectivity index (χ2n) is 3.77. The van der Waals surface area contributed by atoms with Crippen LogP contribution >= 0.6 is 0 Å². The lowest BCUT2D eigenvalue weighted by Crippen LogP contribution is -2.49. The Balaban J connectivity index is 2.71. The van der Waals surface area contributed by atoms with Crippen molar-refractivity contribution in [3.05, 3.63) is 0 Å². The van der Waals surface area contributed by atoms with Crippen LogP contribution in [0.5, 0.6) is 0 Å². The van der Waals surface area contributed by atoms with Crippen LogP contribution in [0.2, 0.25) is 0 Å². The lowest BCUT2D eigenvalue weighted by atomic mass is 10.1. The number of rotatable bonds is 1. The van der Waals surface area contributed by atoms with Gasteiger partial charge in [-0.1, -0.05) is 0 Å². The molecule has 12 heavy (non-hydrogen) atoms. The second kappa shape index (κ2) is 2.97. The molecular formula is C7H16N2O2S. The molecule has 1 aliphatic heterocycles. The first-order chi connectivity index (χ1) is 5.31. The number of nitrogens with one attached hydrogen (secondary N) is 1. The van der Waals surface area contributed by atoms with Gasteiger partial charge in [0.1, 0.15) is 9.92 Å². The van der Waals surface area contributed by atoms with Gasteiger partial charge in [-0.05, 0) is 13.8 Å². The lowest BCUT2D eigenvalue weighted by Gasteiger charge is -2.37. The van der Waals surface area contributed by atoms with Gasteiger partial charge in [-0.3, -0.25) is 0 Å². The summed E-state index contributed by atoms with van der Waals surface area (Å²) in [5.74, 6) is 0. The van der Waals surface area contributed by atoms with Gasteiger partial charge in [-0.15, -0.1) is 0 Å². The summed E-state index contributed by atoms with van der Waals surface area (Å²) in [5, 5.41) is 0. The number of hydrogen-bond acceptors (Lipinski definition) is 3. The molecule has 5 heteroatoms. The Morgan fingerprint density at radius 2 is 2.17 bits per heavy atom. The molecule has 1 heterocycles. The summed E-state index contributed by atoms with van der Waals surface area (Å²) < 4.78 is 25.9. The Labute approximate surface area is 74.0 Å². The summed E-state index contributed by atoms with van der Waals surface area (Å²) in [5.41, 5.74) is -0.266. The molecule has 4 nitrogen and oxygen atoms in total. The van der Waals surface area contributed by atoms with Crippen LogP contribution < -0.4 is 0 Å². The first-order valence-electron chi connectivity index (χ1n) is 3.94. The number of hydrogen-bond donors (Lipinski definition) is 1. The molecule has 0 aliphatic carbocycles. The van der Waals surface area contributed by atoms with E-state index in [0.29, 0.717) is 19.7 Å². The molecule has 1 atom stereocenters. The maximum absolute atomic E-state index is 11.4. The number of ether oxygens (including phenoxy) is 1. The Kier molecular flexibility index (Phi) is 2.47. The standard InChI is InChI=1S/C7H16N2O2S/c1-7(2)6-9(4-5-11-7)12(3,8)10/h8H,4-6H2,1-3H3. The molecule has 0 saturated carbocycles. The molecule has 1 rings (SSSR count). The largest absolute Gasteiger partial charge is 0.373 e. The first-order valence-corrected chi connectivity index (χ1v) is 5.86. The van der Waals surface area contributed by atoms with Crippen LogP contribution in [0.15, 0.2) is 0 Å². The molecular weight excluding hydrogens is 176 g/mol. The molecule has 1 saturated heterocycles. The summed E-state index contributed by atoms with van der Waals surface area (Å²) in [6.45, 7) is 5.64. The third-order valence-corrected chi connectivity index (χ3v) is 3.18. The highest BCUT2D eigenvalue weighted by Crippen LogP contribution is 2.18. The zero-order chi connectivity index (χ0) is 9.41. The summed E-state index contributed by atoms with van der Waals surface area (Å²) in [4.78, 5) is 0. The molecule has 1 unspecified atom stereocenters. The lowest BCUT2D eigenvalue weighted by molar-refractivity contribution is -0.0632. The molecule has 0 bridgehead atoms. The van der Waals surface area contributed by atoms with E-state index in [0.717, 1.165) is 0 Å². The van der Waals surface area contributed by atoms with Crippen molar-refractivity contribution in [2.75, 3.05) is 26.0 Å². The zero-order valence-corrected chi connectivity index (χ0v) is 8.61. The Morgan fingerprint density at radius 1 is 1.58 bits per heavy atom. The van der Waals surface area contributed by atoms with E-state index in [1.807, 2.05) is 13.8 Å². The van der Waals surface area contributed by atoms with Crippen molar-refractivity contribution in [3.63, 3.8) is 0 Å².